The van der Waals surface area contributed by atoms with Crippen molar-refractivity contribution in [2.45, 2.75) is 13.0 Å². The Bertz CT molecular complexity index is 429. The Hall–Kier alpha value is -1.27. The van der Waals surface area contributed by atoms with Crippen LogP contribution in [0.4, 0.5) is 13.2 Å². The van der Waals surface area contributed by atoms with E-state index in [-0.39, 0.29) is 25.0 Å². The number of amides is 1. The first-order chi connectivity index (χ1) is 7.97. The van der Waals surface area contributed by atoms with E-state index in [9.17, 15) is 18.0 Å². The summed E-state index contributed by atoms with van der Waals surface area (Å²) in [6.07, 6.45) is 0. The van der Waals surface area contributed by atoms with E-state index in [1.165, 1.54) is 0 Å². The number of hydrogen-bond donors (Lipinski definition) is 2. The van der Waals surface area contributed by atoms with Gasteiger partial charge in [-0.3, -0.25) is 4.79 Å². The summed E-state index contributed by atoms with van der Waals surface area (Å²) in [5.74, 6) is -5.20. The second-order valence-corrected chi connectivity index (χ2v) is 3.62. The van der Waals surface area contributed by atoms with Gasteiger partial charge in [0, 0.05) is 12.6 Å². The van der Waals surface area contributed by atoms with Gasteiger partial charge in [0.15, 0.2) is 17.5 Å². The van der Waals surface area contributed by atoms with E-state index in [2.05, 4.69) is 10.6 Å². The standard InChI is InChI=1S/C11H13F3N2O.ClH/c1-6(15-2)5-16-11(17)7-3-4-8(12)10(14)9(7)13;/h3-4,6,15H,5H2,1-2H3,(H,16,17);1H. The molecule has 18 heavy (non-hydrogen) atoms. The molecule has 1 aromatic carbocycles. The maximum absolute atomic E-state index is 13.2. The number of nitrogens with one attached hydrogen (secondary N) is 2. The van der Waals surface area contributed by atoms with Crippen LogP contribution in [0.1, 0.15) is 17.3 Å². The summed E-state index contributed by atoms with van der Waals surface area (Å²) in [4.78, 5) is 11.5. The van der Waals surface area contributed by atoms with Crippen LogP contribution in [0.3, 0.4) is 0 Å². The molecule has 0 heterocycles. The molecule has 1 amide bonds. The summed E-state index contributed by atoms with van der Waals surface area (Å²) < 4.78 is 38.7. The molecule has 0 aromatic heterocycles. The normalized spacial score (nSPS) is 11.6. The molecule has 102 valence electrons. The first kappa shape index (κ1) is 16.7. The van der Waals surface area contributed by atoms with E-state index in [4.69, 9.17) is 0 Å². The number of rotatable bonds is 4. The minimum absolute atomic E-state index is 0. The Morgan fingerprint density at radius 2 is 1.89 bits per heavy atom. The summed E-state index contributed by atoms with van der Waals surface area (Å²) in [6, 6.07) is 1.62. The van der Waals surface area contributed by atoms with Gasteiger partial charge in [-0.1, -0.05) is 0 Å². The van der Waals surface area contributed by atoms with Gasteiger partial charge in [-0.05, 0) is 26.1 Å². The maximum Gasteiger partial charge on any atom is 0.254 e. The molecule has 0 saturated heterocycles. The zero-order chi connectivity index (χ0) is 13.0. The fourth-order valence-corrected chi connectivity index (χ4v) is 1.14. The van der Waals surface area contributed by atoms with Gasteiger partial charge >= 0.3 is 0 Å². The van der Waals surface area contributed by atoms with Crippen molar-refractivity contribution in [2.24, 2.45) is 0 Å². The molecule has 0 aliphatic rings. The van der Waals surface area contributed by atoms with Crippen LogP contribution in [0.5, 0.6) is 0 Å². The van der Waals surface area contributed by atoms with Crippen molar-refractivity contribution in [3.8, 4) is 0 Å². The number of carbonyl (C=O) groups excluding carboxylic acids is 1. The molecule has 0 aliphatic carbocycles. The van der Waals surface area contributed by atoms with Gasteiger partial charge in [-0.15, -0.1) is 12.4 Å². The summed E-state index contributed by atoms with van der Waals surface area (Å²) in [5, 5.41) is 5.27. The van der Waals surface area contributed by atoms with Crippen LogP contribution in [0.2, 0.25) is 0 Å². The molecule has 0 fully saturated rings. The summed E-state index contributed by atoms with van der Waals surface area (Å²) in [6.45, 7) is 2.07. The van der Waals surface area contributed by atoms with Gasteiger partial charge in [0.1, 0.15) is 0 Å². The second-order valence-electron chi connectivity index (χ2n) is 3.62. The summed E-state index contributed by atoms with van der Waals surface area (Å²) >= 11 is 0. The largest absolute Gasteiger partial charge is 0.350 e. The molecule has 3 nitrogen and oxygen atoms in total. The monoisotopic (exact) mass is 282 g/mol. The van der Waals surface area contributed by atoms with Crippen LogP contribution in [0.15, 0.2) is 12.1 Å². The highest BCUT2D eigenvalue weighted by Gasteiger charge is 2.18. The Morgan fingerprint density at radius 1 is 1.28 bits per heavy atom. The highest BCUT2D eigenvalue weighted by atomic mass is 35.5. The fraction of sp³-hybridized carbons (Fsp3) is 0.364. The number of hydrogen-bond acceptors (Lipinski definition) is 2. The first-order valence-electron chi connectivity index (χ1n) is 5.06. The van der Waals surface area contributed by atoms with Gasteiger partial charge in [-0.2, -0.15) is 0 Å². The molecule has 0 saturated carbocycles. The van der Waals surface area contributed by atoms with Crippen molar-refractivity contribution in [3.63, 3.8) is 0 Å². The summed E-state index contributed by atoms with van der Waals surface area (Å²) in [7, 11) is 1.70. The second kappa shape index (κ2) is 7.23. The van der Waals surface area contributed by atoms with E-state index in [0.29, 0.717) is 0 Å². The van der Waals surface area contributed by atoms with Crippen molar-refractivity contribution < 1.29 is 18.0 Å². The molecule has 2 N–H and O–H groups in total. The molecule has 0 radical (unpaired) electrons. The molecule has 7 heteroatoms. The molecular formula is C11H14ClF3N2O. The van der Waals surface area contributed by atoms with E-state index in [0.717, 1.165) is 12.1 Å². The van der Waals surface area contributed by atoms with Gasteiger partial charge < -0.3 is 10.6 Å². The maximum atomic E-state index is 13.2. The lowest BCUT2D eigenvalue weighted by Gasteiger charge is -2.11. The van der Waals surface area contributed by atoms with E-state index in [1.54, 1.807) is 7.05 Å². The van der Waals surface area contributed by atoms with E-state index >= 15 is 0 Å². The third-order valence-electron chi connectivity index (χ3n) is 2.34. The molecule has 1 rings (SSSR count). The van der Waals surface area contributed by atoms with E-state index < -0.39 is 28.9 Å². The minimum atomic E-state index is -1.64. The van der Waals surface area contributed by atoms with Gasteiger partial charge in [0.25, 0.3) is 5.91 Å². The SMILES string of the molecule is CNC(C)CNC(=O)c1ccc(F)c(F)c1F.Cl. The van der Waals surface area contributed by atoms with Crippen molar-refractivity contribution in [1.82, 2.24) is 10.6 Å². The smallest absolute Gasteiger partial charge is 0.254 e. The molecule has 0 bridgehead atoms. The van der Waals surface area contributed by atoms with Crippen molar-refractivity contribution in [2.75, 3.05) is 13.6 Å². The molecular weight excluding hydrogens is 269 g/mol. The summed E-state index contributed by atoms with van der Waals surface area (Å²) in [5.41, 5.74) is -0.507. The molecule has 1 atom stereocenters. The quantitative estimate of drug-likeness (QED) is 0.828. The van der Waals surface area contributed by atoms with Crippen LogP contribution >= 0.6 is 12.4 Å². The van der Waals surface area contributed by atoms with E-state index in [1.807, 2.05) is 6.92 Å². The lowest BCUT2D eigenvalue weighted by molar-refractivity contribution is 0.0945. The number of halogens is 4. The van der Waals surface area contributed by atoms with Crippen LogP contribution < -0.4 is 10.6 Å². The topological polar surface area (TPSA) is 41.1 Å². The average molecular weight is 283 g/mol. The van der Waals surface area contributed by atoms with Crippen molar-refractivity contribution in [1.29, 1.82) is 0 Å². The van der Waals surface area contributed by atoms with Crippen LogP contribution in [-0.2, 0) is 0 Å². The highest BCUT2D eigenvalue weighted by molar-refractivity contribution is 5.94. The third kappa shape index (κ3) is 3.89. The first-order valence-corrected chi connectivity index (χ1v) is 5.06. The molecule has 1 aromatic rings. The Morgan fingerprint density at radius 3 is 2.44 bits per heavy atom. The van der Waals surface area contributed by atoms with Crippen LogP contribution in [0, 0.1) is 17.5 Å². The third-order valence-corrected chi connectivity index (χ3v) is 2.34. The van der Waals surface area contributed by atoms with Crippen LogP contribution in [-0.4, -0.2) is 25.5 Å². The molecule has 1 unspecified atom stereocenters. The predicted octanol–water partition coefficient (Wildman–Crippen LogP) is 1.86. The zero-order valence-corrected chi connectivity index (χ0v) is 10.7. The highest BCUT2D eigenvalue weighted by Crippen LogP contribution is 2.14. The Labute approximate surface area is 109 Å². The van der Waals surface area contributed by atoms with Crippen LogP contribution in [0.25, 0.3) is 0 Å². The number of likely N-dealkylation sites (N-methyl/N-ethyl adjacent to an activating group) is 1. The fourth-order valence-electron chi connectivity index (χ4n) is 1.14. The number of carbonyl (C=O) groups is 1. The molecule has 0 spiro atoms. The Kier molecular flexibility index (Phi) is 6.72. The zero-order valence-electron chi connectivity index (χ0n) is 9.89. The number of benzene rings is 1. The minimum Gasteiger partial charge on any atom is -0.350 e. The Balaban J connectivity index is 0.00000289. The van der Waals surface area contributed by atoms with Crippen molar-refractivity contribution >= 4 is 18.3 Å². The lowest BCUT2D eigenvalue weighted by Crippen LogP contribution is -2.37. The lowest BCUT2D eigenvalue weighted by atomic mass is 10.2. The van der Waals surface area contributed by atoms with Crippen molar-refractivity contribution in [3.05, 3.63) is 35.1 Å². The average Bonchev–Trinajstić information content (AvgIpc) is 2.32. The van der Waals surface area contributed by atoms with Gasteiger partial charge in [0.05, 0.1) is 5.56 Å². The van der Waals surface area contributed by atoms with Gasteiger partial charge in [0.2, 0.25) is 0 Å². The predicted molar refractivity (Wildman–Crippen MR) is 64.4 cm³/mol. The molecule has 0 aliphatic heterocycles. The van der Waals surface area contributed by atoms with Gasteiger partial charge in [-0.25, -0.2) is 13.2 Å².